The molecule has 3 rings (SSSR count). The average Bonchev–Trinajstić information content (AvgIpc) is 2.74. The fourth-order valence-corrected chi connectivity index (χ4v) is 2.94. The molecule has 2 aromatic rings. The molecule has 0 aromatic heterocycles. The second-order valence-electron chi connectivity index (χ2n) is 6.37. The van der Waals surface area contributed by atoms with E-state index in [-0.39, 0.29) is 17.8 Å². The number of rotatable bonds is 4. The summed E-state index contributed by atoms with van der Waals surface area (Å²) in [6.45, 7) is 1.98. The van der Waals surface area contributed by atoms with Gasteiger partial charge in [-0.2, -0.15) is 0 Å². The van der Waals surface area contributed by atoms with Crippen LogP contribution in [0.2, 0.25) is 0 Å². The predicted octanol–water partition coefficient (Wildman–Crippen LogP) is 4.12. The van der Waals surface area contributed by atoms with Crippen LogP contribution < -0.4 is 15.4 Å². The molecule has 27 heavy (non-hydrogen) atoms. The molecule has 5 nitrogen and oxygen atoms in total. The number of hydrogen-bond acceptors (Lipinski definition) is 4. The molecule has 0 saturated carbocycles. The topological polar surface area (TPSA) is 62.7 Å². The molecule has 0 bridgehead atoms. The number of allylic oxidation sites excluding steroid dienone is 1. The van der Waals surface area contributed by atoms with Crippen molar-refractivity contribution in [3.8, 4) is 5.75 Å². The summed E-state index contributed by atoms with van der Waals surface area (Å²) in [5.74, 6) is 0.257. The van der Waals surface area contributed by atoms with E-state index in [4.69, 9.17) is 4.74 Å². The lowest BCUT2D eigenvalue weighted by Gasteiger charge is -2.16. The van der Waals surface area contributed by atoms with Crippen molar-refractivity contribution in [2.75, 3.05) is 12.4 Å². The number of carbonyl (C=O) groups excluding carboxylic acids is 1. The second-order valence-corrected chi connectivity index (χ2v) is 6.37. The Morgan fingerprint density at radius 2 is 2.00 bits per heavy atom. The van der Waals surface area contributed by atoms with Crippen LogP contribution in [0.25, 0.3) is 0 Å². The van der Waals surface area contributed by atoms with Gasteiger partial charge in [0.25, 0.3) is 5.91 Å². The lowest BCUT2D eigenvalue weighted by atomic mass is 10.0. The van der Waals surface area contributed by atoms with E-state index in [1.54, 1.807) is 25.3 Å². The molecule has 1 unspecified atom stereocenters. The molecule has 1 heterocycles. The number of methoxy groups -OCH3 is 1. The fraction of sp³-hybridized carbons (Fsp3) is 0.238. The minimum absolute atomic E-state index is 0.161. The van der Waals surface area contributed by atoms with E-state index in [9.17, 15) is 9.18 Å². The van der Waals surface area contributed by atoms with E-state index >= 15 is 0 Å². The largest absolute Gasteiger partial charge is 0.497 e. The second kappa shape index (κ2) is 8.49. The molecule has 1 aliphatic rings. The first kappa shape index (κ1) is 18.6. The summed E-state index contributed by atoms with van der Waals surface area (Å²) in [5, 5.41) is 5.98. The molecule has 0 fully saturated rings. The summed E-state index contributed by atoms with van der Waals surface area (Å²) < 4.78 is 18.4. The summed E-state index contributed by atoms with van der Waals surface area (Å²) in [6, 6.07) is 11.9. The van der Waals surface area contributed by atoms with E-state index in [0.717, 1.165) is 28.3 Å². The van der Waals surface area contributed by atoms with Gasteiger partial charge in [0, 0.05) is 17.5 Å². The first-order valence-electron chi connectivity index (χ1n) is 8.75. The van der Waals surface area contributed by atoms with Gasteiger partial charge in [-0.25, -0.2) is 4.39 Å². The van der Waals surface area contributed by atoms with Gasteiger partial charge in [-0.3, -0.25) is 9.79 Å². The first-order chi connectivity index (χ1) is 13.0. The van der Waals surface area contributed by atoms with Crippen LogP contribution in [0.5, 0.6) is 5.75 Å². The van der Waals surface area contributed by atoms with E-state index in [1.165, 1.54) is 18.5 Å². The quantitative estimate of drug-likeness (QED) is 0.855. The number of nitrogens with one attached hydrogen (secondary N) is 2. The van der Waals surface area contributed by atoms with Crippen LogP contribution in [-0.4, -0.2) is 19.4 Å². The van der Waals surface area contributed by atoms with Crippen LogP contribution in [0.1, 0.15) is 30.0 Å². The highest BCUT2D eigenvalue weighted by Crippen LogP contribution is 2.28. The highest BCUT2D eigenvalue weighted by molar-refractivity contribution is 5.96. The van der Waals surface area contributed by atoms with Crippen molar-refractivity contribution in [1.29, 1.82) is 0 Å². The van der Waals surface area contributed by atoms with Gasteiger partial charge in [-0.15, -0.1) is 0 Å². The van der Waals surface area contributed by atoms with E-state index in [0.29, 0.717) is 12.8 Å². The first-order valence-corrected chi connectivity index (χ1v) is 8.75. The minimum atomic E-state index is -0.281. The zero-order chi connectivity index (χ0) is 19.2. The third-order valence-corrected chi connectivity index (χ3v) is 4.44. The molecular formula is C21H22FN3O2. The van der Waals surface area contributed by atoms with Gasteiger partial charge in [0.1, 0.15) is 11.6 Å². The smallest absolute Gasteiger partial charge is 0.250 e. The SMILES string of the molecule is COc1ccc(N/C2=C\C(=O)NC=NC(c3ccc(F)cc3)CC2)c(C)c1. The lowest BCUT2D eigenvalue weighted by molar-refractivity contribution is -0.115. The van der Waals surface area contributed by atoms with Gasteiger partial charge >= 0.3 is 0 Å². The van der Waals surface area contributed by atoms with Crippen LogP contribution in [0, 0.1) is 12.7 Å². The van der Waals surface area contributed by atoms with Crippen LogP contribution in [0.4, 0.5) is 10.1 Å². The number of hydrogen-bond donors (Lipinski definition) is 2. The van der Waals surface area contributed by atoms with Crippen LogP contribution in [0.15, 0.2) is 59.2 Å². The van der Waals surface area contributed by atoms with Crippen molar-refractivity contribution in [1.82, 2.24) is 5.32 Å². The monoisotopic (exact) mass is 367 g/mol. The maximum Gasteiger partial charge on any atom is 0.250 e. The molecule has 1 aliphatic heterocycles. The predicted molar refractivity (Wildman–Crippen MR) is 104 cm³/mol. The van der Waals surface area contributed by atoms with Crippen LogP contribution >= 0.6 is 0 Å². The lowest BCUT2D eigenvalue weighted by Crippen LogP contribution is -2.20. The van der Waals surface area contributed by atoms with Crippen molar-refractivity contribution < 1.29 is 13.9 Å². The number of aliphatic imine (C=N–C) groups is 1. The molecule has 140 valence electrons. The van der Waals surface area contributed by atoms with Gasteiger partial charge in [0.05, 0.1) is 19.5 Å². The molecule has 0 saturated heterocycles. The Morgan fingerprint density at radius 1 is 1.22 bits per heavy atom. The third kappa shape index (κ3) is 4.94. The Morgan fingerprint density at radius 3 is 2.70 bits per heavy atom. The van der Waals surface area contributed by atoms with Gasteiger partial charge in [0.15, 0.2) is 0 Å². The standard InChI is InChI=1S/C21H22FN3O2/c1-14-11-18(27-2)8-10-19(14)25-17-7-9-20(23-13-24-21(26)12-17)15-3-5-16(22)6-4-15/h3-6,8,10-13,20,25H,7,9H2,1-2H3,(H,23,24,26)/b17-12-. The molecule has 2 N–H and O–H groups in total. The van der Waals surface area contributed by atoms with Crippen LogP contribution in [0.3, 0.4) is 0 Å². The minimum Gasteiger partial charge on any atom is -0.497 e. The normalized spacial score (nSPS) is 19.1. The summed E-state index contributed by atoms with van der Waals surface area (Å²) in [7, 11) is 1.63. The van der Waals surface area contributed by atoms with Gasteiger partial charge in [-0.1, -0.05) is 12.1 Å². The fourth-order valence-electron chi connectivity index (χ4n) is 2.94. The average molecular weight is 367 g/mol. The van der Waals surface area contributed by atoms with Gasteiger partial charge in [0.2, 0.25) is 0 Å². The number of halogens is 1. The molecule has 0 radical (unpaired) electrons. The van der Waals surface area contributed by atoms with Crippen molar-refractivity contribution in [3.05, 3.63) is 71.2 Å². The Hall–Kier alpha value is -3.15. The Kier molecular flexibility index (Phi) is 5.86. The number of carbonyl (C=O) groups is 1. The van der Waals surface area contributed by atoms with Gasteiger partial charge in [-0.05, 0) is 61.2 Å². The maximum atomic E-state index is 13.2. The highest BCUT2D eigenvalue weighted by atomic mass is 19.1. The summed E-state index contributed by atoms with van der Waals surface area (Å²) in [6.07, 6.45) is 4.26. The summed E-state index contributed by atoms with van der Waals surface area (Å²) >= 11 is 0. The number of anilines is 1. The Balaban J connectivity index is 1.79. The molecular weight excluding hydrogens is 345 g/mol. The number of amides is 1. The van der Waals surface area contributed by atoms with E-state index in [2.05, 4.69) is 15.6 Å². The van der Waals surface area contributed by atoms with Crippen LogP contribution in [-0.2, 0) is 4.79 Å². The van der Waals surface area contributed by atoms with E-state index < -0.39 is 0 Å². The summed E-state index contributed by atoms with van der Waals surface area (Å²) in [5.41, 5.74) is 3.62. The Labute approximate surface area is 158 Å². The van der Waals surface area contributed by atoms with Crippen molar-refractivity contribution in [2.24, 2.45) is 4.99 Å². The molecule has 0 aliphatic carbocycles. The molecule has 1 atom stereocenters. The number of benzene rings is 2. The third-order valence-electron chi connectivity index (χ3n) is 4.44. The maximum absolute atomic E-state index is 13.2. The zero-order valence-corrected chi connectivity index (χ0v) is 15.3. The van der Waals surface area contributed by atoms with Crippen molar-refractivity contribution in [2.45, 2.75) is 25.8 Å². The summed E-state index contributed by atoms with van der Waals surface area (Å²) in [4.78, 5) is 16.5. The number of nitrogens with zero attached hydrogens (tertiary/aromatic N) is 1. The number of aryl methyl sites for hydroxylation is 1. The molecule has 6 heteroatoms. The van der Waals surface area contributed by atoms with Gasteiger partial charge < -0.3 is 15.4 Å². The Bertz CT molecular complexity index is 875. The molecule has 0 spiro atoms. The van der Waals surface area contributed by atoms with Crippen molar-refractivity contribution >= 4 is 17.9 Å². The highest BCUT2D eigenvalue weighted by Gasteiger charge is 2.14. The van der Waals surface area contributed by atoms with E-state index in [1.807, 2.05) is 25.1 Å². The molecule has 2 aromatic carbocycles. The number of ether oxygens (including phenoxy) is 1. The van der Waals surface area contributed by atoms with Crippen molar-refractivity contribution in [3.63, 3.8) is 0 Å². The zero-order valence-electron chi connectivity index (χ0n) is 15.3. The molecule has 1 amide bonds.